The number of nitro groups is 1. The van der Waals surface area contributed by atoms with Crippen LogP contribution in [0.3, 0.4) is 0 Å². The van der Waals surface area contributed by atoms with Crippen molar-refractivity contribution in [1.29, 1.82) is 0 Å². The van der Waals surface area contributed by atoms with Crippen LogP contribution in [-0.2, 0) is 14.3 Å². The van der Waals surface area contributed by atoms with Crippen LogP contribution in [0.15, 0.2) is 41.4 Å². The summed E-state index contributed by atoms with van der Waals surface area (Å²) in [5.74, 6) is -1.99. The van der Waals surface area contributed by atoms with Gasteiger partial charge in [0, 0.05) is 17.7 Å². The molecule has 0 radical (unpaired) electrons. The summed E-state index contributed by atoms with van der Waals surface area (Å²) in [6.07, 6.45) is 0. The highest BCUT2D eigenvalue weighted by Gasteiger charge is 2.28. The van der Waals surface area contributed by atoms with E-state index < -0.39 is 22.8 Å². The first kappa shape index (κ1) is 18.7. The fourth-order valence-electron chi connectivity index (χ4n) is 2.64. The molecule has 1 heterocycles. The molecular weight excluding hydrogens is 370 g/mol. The third-order valence-electron chi connectivity index (χ3n) is 3.93. The van der Waals surface area contributed by atoms with E-state index in [1.165, 1.54) is 50.6 Å². The highest BCUT2D eigenvalue weighted by atomic mass is 16.6. The maximum atomic E-state index is 12.3. The Bertz CT molecular complexity index is 1020. The van der Waals surface area contributed by atoms with Gasteiger partial charge < -0.3 is 14.8 Å². The number of amides is 1. The van der Waals surface area contributed by atoms with Crippen LogP contribution in [0, 0.1) is 10.1 Å². The number of carbonyl (C=O) groups is 3. The second kappa shape index (κ2) is 7.27. The number of non-ortho nitro benzene ring substituents is 1. The molecule has 0 aliphatic carbocycles. The van der Waals surface area contributed by atoms with Crippen LogP contribution in [0.5, 0.6) is 0 Å². The van der Waals surface area contributed by atoms with Crippen LogP contribution in [0.1, 0.15) is 26.3 Å². The Morgan fingerprint density at radius 2 is 1.64 bits per heavy atom. The van der Waals surface area contributed by atoms with Crippen LogP contribution in [0.25, 0.3) is 0 Å². The molecule has 2 aromatic carbocycles. The number of ether oxygens (including phenoxy) is 2. The zero-order valence-corrected chi connectivity index (χ0v) is 14.7. The Morgan fingerprint density at radius 3 is 2.18 bits per heavy atom. The van der Waals surface area contributed by atoms with E-state index in [-0.39, 0.29) is 33.8 Å². The quantitative estimate of drug-likeness (QED) is 0.485. The number of nitrogens with zero attached hydrogens (tertiary/aromatic N) is 2. The van der Waals surface area contributed by atoms with E-state index in [1.807, 2.05) is 0 Å². The first-order valence-corrected chi connectivity index (χ1v) is 7.84. The van der Waals surface area contributed by atoms with Gasteiger partial charge in [0.15, 0.2) is 0 Å². The molecule has 1 aliphatic heterocycles. The lowest BCUT2D eigenvalue weighted by molar-refractivity contribution is -0.384. The van der Waals surface area contributed by atoms with Crippen molar-refractivity contribution in [2.45, 2.75) is 0 Å². The highest BCUT2D eigenvalue weighted by Crippen LogP contribution is 2.30. The predicted octanol–water partition coefficient (Wildman–Crippen LogP) is 2.24. The maximum absolute atomic E-state index is 12.3. The Kier molecular flexibility index (Phi) is 4.86. The van der Waals surface area contributed by atoms with Crippen molar-refractivity contribution in [2.75, 3.05) is 19.5 Å². The number of methoxy groups -OCH3 is 2. The topological polar surface area (TPSA) is 137 Å². The SMILES string of the molecule is COC(=O)c1cc(N=C2C(=O)Nc3ccc([N+](=O)[O-])cc32)cc(C(=O)OC)c1. The summed E-state index contributed by atoms with van der Waals surface area (Å²) in [5, 5.41) is 13.6. The van der Waals surface area contributed by atoms with E-state index in [2.05, 4.69) is 19.8 Å². The van der Waals surface area contributed by atoms with Crippen molar-refractivity contribution in [1.82, 2.24) is 0 Å². The molecule has 142 valence electrons. The molecule has 0 saturated carbocycles. The molecule has 3 rings (SSSR count). The fourth-order valence-corrected chi connectivity index (χ4v) is 2.64. The van der Waals surface area contributed by atoms with Gasteiger partial charge in [-0.3, -0.25) is 14.9 Å². The molecule has 1 amide bonds. The van der Waals surface area contributed by atoms with Crippen LogP contribution in [0.4, 0.5) is 17.1 Å². The molecule has 0 unspecified atom stereocenters. The van der Waals surface area contributed by atoms with Gasteiger partial charge in [-0.25, -0.2) is 14.6 Å². The van der Waals surface area contributed by atoms with Crippen LogP contribution < -0.4 is 5.32 Å². The zero-order valence-electron chi connectivity index (χ0n) is 14.7. The summed E-state index contributed by atoms with van der Waals surface area (Å²) in [5.41, 5.74) is 0.477. The first-order chi connectivity index (χ1) is 13.3. The molecule has 0 aromatic heterocycles. The number of rotatable bonds is 4. The number of benzene rings is 2. The Labute approximate surface area is 157 Å². The smallest absolute Gasteiger partial charge is 0.337 e. The van der Waals surface area contributed by atoms with Crippen molar-refractivity contribution in [3.63, 3.8) is 0 Å². The number of hydrogen-bond acceptors (Lipinski definition) is 8. The molecule has 2 aromatic rings. The summed E-state index contributed by atoms with van der Waals surface area (Å²) in [4.78, 5) is 50.6. The zero-order chi connectivity index (χ0) is 20.4. The molecule has 0 atom stereocenters. The Morgan fingerprint density at radius 1 is 1.04 bits per heavy atom. The molecule has 10 nitrogen and oxygen atoms in total. The minimum atomic E-state index is -0.709. The van der Waals surface area contributed by atoms with Gasteiger partial charge in [0.2, 0.25) is 0 Å². The first-order valence-electron chi connectivity index (χ1n) is 7.84. The number of hydrogen-bond donors (Lipinski definition) is 1. The van der Waals surface area contributed by atoms with Gasteiger partial charge in [-0.1, -0.05) is 0 Å². The largest absolute Gasteiger partial charge is 0.465 e. The summed E-state index contributed by atoms with van der Waals surface area (Å²) in [6, 6.07) is 7.81. The number of fused-ring (bicyclic) bond motifs is 1. The third-order valence-corrected chi connectivity index (χ3v) is 3.93. The fraction of sp³-hybridized carbons (Fsp3) is 0.111. The van der Waals surface area contributed by atoms with Gasteiger partial charge in [-0.15, -0.1) is 0 Å². The summed E-state index contributed by atoms with van der Waals surface area (Å²) >= 11 is 0. The van der Waals surface area contributed by atoms with Crippen LogP contribution in [0.2, 0.25) is 0 Å². The second-order valence-corrected chi connectivity index (χ2v) is 5.65. The molecule has 0 spiro atoms. The minimum Gasteiger partial charge on any atom is -0.465 e. The average molecular weight is 383 g/mol. The van der Waals surface area contributed by atoms with Gasteiger partial charge in [-0.05, 0) is 24.3 Å². The van der Waals surface area contributed by atoms with Crippen molar-refractivity contribution >= 4 is 40.6 Å². The number of carbonyl (C=O) groups excluding carboxylic acids is 3. The van der Waals surface area contributed by atoms with Gasteiger partial charge >= 0.3 is 11.9 Å². The van der Waals surface area contributed by atoms with E-state index >= 15 is 0 Å². The maximum Gasteiger partial charge on any atom is 0.337 e. The molecule has 1 aliphatic rings. The average Bonchev–Trinajstić information content (AvgIpc) is 3.00. The Hall–Kier alpha value is -4.08. The lowest BCUT2D eigenvalue weighted by Crippen LogP contribution is -2.14. The van der Waals surface area contributed by atoms with E-state index in [0.29, 0.717) is 5.69 Å². The van der Waals surface area contributed by atoms with Crippen molar-refractivity contribution in [2.24, 2.45) is 4.99 Å². The van der Waals surface area contributed by atoms with Gasteiger partial charge in [0.1, 0.15) is 5.71 Å². The molecule has 1 N–H and O–H groups in total. The summed E-state index contributed by atoms with van der Waals surface area (Å²) in [6.45, 7) is 0. The number of anilines is 1. The molecule has 28 heavy (non-hydrogen) atoms. The lowest BCUT2D eigenvalue weighted by atomic mass is 10.1. The molecular formula is C18H13N3O7. The standard InChI is InChI=1S/C18H13N3O7/c1-27-17(23)9-5-10(18(24)28-2)7-11(6-9)19-15-13-8-12(21(25)26)3-4-14(13)20-16(15)22/h3-8H,1-2H3,(H,19,20,22). The highest BCUT2D eigenvalue weighted by molar-refractivity contribution is 6.54. The van der Waals surface area contributed by atoms with E-state index in [1.54, 1.807) is 0 Å². The molecule has 0 saturated heterocycles. The van der Waals surface area contributed by atoms with Crippen LogP contribution >= 0.6 is 0 Å². The van der Waals surface area contributed by atoms with Crippen molar-refractivity contribution in [3.8, 4) is 0 Å². The minimum absolute atomic E-state index is 0.0300. The van der Waals surface area contributed by atoms with Crippen molar-refractivity contribution < 1.29 is 28.8 Å². The third kappa shape index (κ3) is 3.43. The van der Waals surface area contributed by atoms with Gasteiger partial charge in [-0.2, -0.15) is 0 Å². The molecule has 0 fully saturated rings. The number of aliphatic imine (C=N–C) groups is 1. The van der Waals surface area contributed by atoms with Crippen molar-refractivity contribution in [3.05, 3.63) is 63.2 Å². The normalized spacial score (nSPS) is 13.6. The molecule has 10 heteroatoms. The number of nitro benzene ring substituents is 1. The second-order valence-electron chi connectivity index (χ2n) is 5.65. The predicted molar refractivity (Wildman–Crippen MR) is 97.0 cm³/mol. The van der Waals surface area contributed by atoms with E-state index in [4.69, 9.17) is 0 Å². The summed E-state index contributed by atoms with van der Waals surface area (Å²) < 4.78 is 9.31. The number of nitrogens with one attached hydrogen (secondary N) is 1. The van der Waals surface area contributed by atoms with E-state index in [9.17, 15) is 24.5 Å². The Balaban J connectivity index is 2.14. The lowest BCUT2D eigenvalue weighted by Gasteiger charge is -2.06. The van der Waals surface area contributed by atoms with Crippen LogP contribution in [-0.4, -0.2) is 42.7 Å². The van der Waals surface area contributed by atoms with Gasteiger partial charge in [0.05, 0.1) is 41.6 Å². The molecule has 0 bridgehead atoms. The van der Waals surface area contributed by atoms with E-state index in [0.717, 1.165) is 0 Å². The van der Waals surface area contributed by atoms with Gasteiger partial charge in [0.25, 0.3) is 11.6 Å². The monoisotopic (exact) mass is 383 g/mol. The number of esters is 2. The summed E-state index contributed by atoms with van der Waals surface area (Å²) in [7, 11) is 2.36.